The highest BCUT2D eigenvalue weighted by Crippen LogP contribution is 2.32. The molecule has 3 heterocycles. The van der Waals surface area contributed by atoms with Crippen molar-refractivity contribution in [1.29, 1.82) is 0 Å². The number of nitrogens with zero attached hydrogens (tertiary/aromatic N) is 1. The van der Waals surface area contributed by atoms with Crippen molar-refractivity contribution in [1.82, 2.24) is 9.88 Å². The van der Waals surface area contributed by atoms with E-state index in [0.29, 0.717) is 35.8 Å². The van der Waals surface area contributed by atoms with Gasteiger partial charge < -0.3 is 19.4 Å². The summed E-state index contributed by atoms with van der Waals surface area (Å²) in [6, 6.07) is 16.0. The van der Waals surface area contributed by atoms with Gasteiger partial charge in [0.2, 0.25) is 6.79 Å². The van der Waals surface area contributed by atoms with Gasteiger partial charge in [-0.3, -0.25) is 4.79 Å². The number of halogens is 1. The fourth-order valence-corrected chi connectivity index (χ4v) is 4.28. The van der Waals surface area contributed by atoms with E-state index in [4.69, 9.17) is 9.47 Å². The van der Waals surface area contributed by atoms with Crippen LogP contribution in [0.3, 0.4) is 0 Å². The van der Waals surface area contributed by atoms with Crippen molar-refractivity contribution >= 4 is 27.5 Å². The van der Waals surface area contributed by atoms with Crippen LogP contribution in [0.15, 0.2) is 60.0 Å². The summed E-state index contributed by atoms with van der Waals surface area (Å²) in [5.74, 6) is 0.901. The molecule has 5 rings (SSSR count). The molecule has 0 saturated heterocycles. The number of nitrogens with one attached hydrogen (secondary N) is 1. The number of aromatic nitrogens is 1. The van der Waals surface area contributed by atoms with Gasteiger partial charge in [0, 0.05) is 12.1 Å². The average Bonchev–Trinajstić information content (AvgIpc) is 3.44. The summed E-state index contributed by atoms with van der Waals surface area (Å²) in [5.41, 5.74) is 2.89. The van der Waals surface area contributed by atoms with Gasteiger partial charge in [-0.05, 0) is 41.3 Å². The molecule has 29 heavy (non-hydrogen) atoms. The fourth-order valence-electron chi connectivity index (χ4n) is 3.46. The maximum Gasteiger partial charge on any atom is 0.268 e. The molecule has 146 valence electrons. The molecule has 1 aliphatic heterocycles. The molecule has 0 saturated carbocycles. The molecule has 0 aliphatic carbocycles. The second kappa shape index (κ2) is 7.25. The normalized spacial score (nSPS) is 12.4. The summed E-state index contributed by atoms with van der Waals surface area (Å²) in [6.45, 7) is 0.860. The Bertz CT molecular complexity index is 1210. The Kier molecular flexibility index (Phi) is 4.44. The number of carbonyl (C=O) groups excluding carboxylic acids is 1. The van der Waals surface area contributed by atoms with Crippen molar-refractivity contribution in [3.8, 4) is 11.5 Å². The van der Waals surface area contributed by atoms with Crippen LogP contribution in [-0.2, 0) is 13.1 Å². The van der Waals surface area contributed by atoms with Gasteiger partial charge in [-0.15, -0.1) is 11.3 Å². The Labute approximate surface area is 170 Å². The predicted molar refractivity (Wildman–Crippen MR) is 109 cm³/mol. The number of carbonyl (C=O) groups is 1. The molecule has 0 unspecified atom stereocenters. The molecule has 1 aliphatic rings. The maximum atomic E-state index is 14.2. The van der Waals surface area contributed by atoms with Crippen molar-refractivity contribution in [2.45, 2.75) is 13.1 Å². The minimum Gasteiger partial charge on any atom is -0.454 e. The highest BCUT2D eigenvalue weighted by molar-refractivity contribution is 7.17. The van der Waals surface area contributed by atoms with Crippen molar-refractivity contribution in [3.05, 3.63) is 82.6 Å². The van der Waals surface area contributed by atoms with Crippen molar-refractivity contribution < 1.29 is 18.7 Å². The smallest absolute Gasteiger partial charge is 0.268 e. The fraction of sp³-hybridized carbons (Fsp3) is 0.136. The van der Waals surface area contributed by atoms with Gasteiger partial charge in [0.25, 0.3) is 5.91 Å². The largest absolute Gasteiger partial charge is 0.454 e. The number of amides is 1. The lowest BCUT2D eigenvalue weighted by Crippen LogP contribution is -2.25. The molecule has 2 aromatic carbocycles. The minimum absolute atomic E-state index is 0.206. The lowest BCUT2D eigenvalue weighted by atomic mass is 10.2. The lowest BCUT2D eigenvalue weighted by Gasteiger charge is -2.12. The van der Waals surface area contributed by atoms with Crippen LogP contribution < -0.4 is 14.8 Å². The first-order chi connectivity index (χ1) is 14.2. The Morgan fingerprint density at radius 3 is 2.86 bits per heavy atom. The highest BCUT2D eigenvalue weighted by atomic mass is 32.1. The van der Waals surface area contributed by atoms with Crippen molar-refractivity contribution in [3.63, 3.8) is 0 Å². The molecule has 2 aromatic heterocycles. The van der Waals surface area contributed by atoms with Crippen LogP contribution in [0.1, 0.15) is 21.6 Å². The van der Waals surface area contributed by atoms with E-state index in [9.17, 15) is 9.18 Å². The Hall–Kier alpha value is -3.32. The zero-order chi connectivity index (χ0) is 19.8. The third kappa shape index (κ3) is 3.34. The third-order valence-corrected chi connectivity index (χ3v) is 5.78. The summed E-state index contributed by atoms with van der Waals surface area (Å²) < 4.78 is 27.7. The predicted octanol–water partition coefficient (Wildman–Crippen LogP) is 4.55. The van der Waals surface area contributed by atoms with E-state index < -0.39 is 0 Å². The van der Waals surface area contributed by atoms with E-state index in [-0.39, 0.29) is 18.5 Å². The van der Waals surface area contributed by atoms with E-state index in [1.807, 2.05) is 40.3 Å². The van der Waals surface area contributed by atoms with Gasteiger partial charge in [0.05, 0.1) is 16.8 Å². The quantitative estimate of drug-likeness (QED) is 0.527. The standard InChI is InChI=1S/C22H17FN2O3S/c23-16-4-2-1-3-15(16)12-25-17-7-8-29-21(17)10-18(25)22(26)24-11-14-5-6-19-20(9-14)28-13-27-19/h1-10H,11-13H2,(H,24,26). The molecule has 0 spiro atoms. The molecule has 0 fully saturated rings. The molecule has 4 aromatic rings. The first-order valence-corrected chi connectivity index (χ1v) is 10.0. The average molecular weight is 408 g/mol. The van der Waals surface area contributed by atoms with Crippen LogP contribution in [0, 0.1) is 5.82 Å². The third-order valence-electron chi connectivity index (χ3n) is 4.93. The van der Waals surface area contributed by atoms with Crippen molar-refractivity contribution in [2.75, 3.05) is 6.79 Å². The van der Waals surface area contributed by atoms with Gasteiger partial charge in [0.1, 0.15) is 11.5 Å². The van der Waals surface area contributed by atoms with E-state index >= 15 is 0 Å². The number of benzene rings is 2. The number of rotatable bonds is 5. The Balaban J connectivity index is 1.40. The van der Waals surface area contributed by atoms with Gasteiger partial charge in [-0.2, -0.15) is 0 Å². The van der Waals surface area contributed by atoms with Crippen LogP contribution in [0.2, 0.25) is 0 Å². The van der Waals surface area contributed by atoms with Gasteiger partial charge in [0.15, 0.2) is 11.5 Å². The molecular weight excluding hydrogens is 391 g/mol. The van der Waals surface area contributed by atoms with Gasteiger partial charge in [-0.25, -0.2) is 4.39 Å². The molecule has 0 bridgehead atoms. The van der Waals surface area contributed by atoms with E-state index in [1.54, 1.807) is 29.5 Å². The van der Waals surface area contributed by atoms with E-state index in [2.05, 4.69) is 5.32 Å². The molecule has 7 heteroatoms. The SMILES string of the molecule is O=C(NCc1ccc2c(c1)OCO2)c1cc2sccc2n1Cc1ccccc1F. The van der Waals surface area contributed by atoms with Crippen molar-refractivity contribution in [2.24, 2.45) is 0 Å². The molecule has 5 nitrogen and oxygen atoms in total. The van der Waals surface area contributed by atoms with Crippen LogP contribution in [-0.4, -0.2) is 17.3 Å². The summed E-state index contributed by atoms with van der Waals surface area (Å²) in [7, 11) is 0. The van der Waals surface area contributed by atoms with Gasteiger partial charge in [-0.1, -0.05) is 24.3 Å². The van der Waals surface area contributed by atoms with Crippen LogP contribution in [0.4, 0.5) is 4.39 Å². The molecule has 0 radical (unpaired) electrons. The molecular formula is C22H17FN2O3S. The van der Waals surface area contributed by atoms with Crippen LogP contribution in [0.25, 0.3) is 10.2 Å². The summed E-state index contributed by atoms with van der Waals surface area (Å²) in [5, 5.41) is 4.92. The first kappa shape index (κ1) is 17.8. The Morgan fingerprint density at radius 2 is 1.97 bits per heavy atom. The maximum absolute atomic E-state index is 14.2. The highest BCUT2D eigenvalue weighted by Gasteiger charge is 2.18. The second-order valence-corrected chi connectivity index (χ2v) is 7.70. The first-order valence-electron chi connectivity index (χ1n) is 9.16. The monoisotopic (exact) mass is 408 g/mol. The minimum atomic E-state index is -0.281. The number of thiophene rings is 1. The summed E-state index contributed by atoms with van der Waals surface area (Å²) >= 11 is 1.56. The molecule has 1 amide bonds. The number of fused-ring (bicyclic) bond motifs is 2. The van der Waals surface area contributed by atoms with E-state index in [1.165, 1.54) is 6.07 Å². The zero-order valence-electron chi connectivity index (χ0n) is 15.4. The number of ether oxygens (including phenoxy) is 2. The summed E-state index contributed by atoms with van der Waals surface area (Å²) in [4.78, 5) is 12.9. The topological polar surface area (TPSA) is 52.5 Å². The van der Waals surface area contributed by atoms with Gasteiger partial charge >= 0.3 is 0 Å². The number of hydrogen-bond acceptors (Lipinski definition) is 4. The lowest BCUT2D eigenvalue weighted by molar-refractivity contribution is 0.0942. The van der Waals surface area contributed by atoms with E-state index in [0.717, 1.165) is 15.8 Å². The van der Waals surface area contributed by atoms with Crippen LogP contribution in [0.5, 0.6) is 11.5 Å². The number of hydrogen-bond donors (Lipinski definition) is 1. The summed E-state index contributed by atoms with van der Waals surface area (Å²) in [6.07, 6.45) is 0. The zero-order valence-corrected chi connectivity index (χ0v) is 16.2. The second-order valence-electron chi connectivity index (χ2n) is 6.75. The Morgan fingerprint density at radius 1 is 1.10 bits per heavy atom. The molecule has 1 N–H and O–H groups in total. The van der Waals surface area contributed by atoms with Crippen LogP contribution >= 0.6 is 11.3 Å². The molecule has 0 atom stereocenters.